The van der Waals surface area contributed by atoms with Gasteiger partial charge in [-0.15, -0.1) is 0 Å². The van der Waals surface area contributed by atoms with Crippen LogP contribution in [-0.4, -0.2) is 19.0 Å². The summed E-state index contributed by atoms with van der Waals surface area (Å²) in [4.78, 5) is 11.4. The zero-order valence-corrected chi connectivity index (χ0v) is 10.1. The summed E-state index contributed by atoms with van der Waals surface area (Å²) in [5, 5.41) is 6.16. The standard InChI is InChI=1S/C13H19N3O/c1-9-6-11(14)8-12(7-9)15-4-5-16-13(17)10-2-3-10/h6-8,10,15H,2-5,14H2,1H3,(H,16,17). The van der Waals surface area contributed by atoms with Crippen LogP contribution in [-0.2, 0) is 4.79 Å². The first kappa shape index (κ1) is 11.8. The van der Waals surface area contributed by atoms with E-state index in [0.29, 0.717) is 6.54 Å². The van der Waals surface area contributed by atoms with Crippen molar-refractivity contribution in [3.8, 4) is 0 Å². The van der Waals surface area contributed by atoms with Gasteiger partial charge in [-0.05, 0) is 43.5 Å². The lowest BCUT2D eigenvalue weighted by molar-refractivity contribution is -0.122. The smallest absolute Gasteiger partial charge is 0.223 e. The molecule has 0 bridgehead atoms. The average molecular weight is 233 g/mol. The maximum Gasteiger partial charge on any atom is 0.223 e. The second-order valence-corrected chi connectivity index (χ2v) is 4.62. The van der Waals surface area contributed by atoms with Crippen molar-refractivity contribution >= 4 is 17.3 Å². The highest BCUT2D eigenvalue weighted by molar-refractivity contribution is 5.80. The first-order valence-corrected chi connectivity index (χ1v) is 6.04. The Hall–Kier alpha value is -1.71. The molecule has 1 aliphatic rings. The van der Waals surface area contributed by atoms with Crippen LogP contribution in [0.2, 0.25) is 0 Å². The minimum Gasteiger partial charge on any atom is -0.399 e. The van der Waals surface area contributed by atoms with Crippen LogP contribution in [0, 0.1) is 12.8 Å². The predicted octanol–water partition coefficient (Wildman–Crippen LogP) is 1.52. The number of anilines is 2. The topological polar surface area (TPSA) is 67.2 Å². The molecule has 92 valence electrons. The molecule has 0 heterocycles. The van der Waals surface area contributed by atoms with Gasteiger partial charge in [0.1, 0.15) is 0 Å². The van der Waals surface area contributed by atoms with E-state index in [-0.39, 0.29) is 11.8 Å². The number of hydrogen-bond acceptors (Lipinski definition) is 3. The Bertz CT molecular complexity index is 393. The van der Waals surface area contributed by atoms with Gasteiger partial charge in [-0.3, -0.25) is 4.79 Å². The van der Waals surface area contributed by atoms with E-state index in [1.54, 1.807) is 0 Å². The van der Waals surface area contributed by atoms with E-state index >= 15 is 0 Å². The fourth-order valence-electron chi connectivity index (χ4n) is 1.80. The van der Waals surface area contributed by atoms with Crippen LogP contribution in [0.4, 0.5) is 11.4 Å². The SMILES string of the molecule is Cc1cc(N)cc(NCCNC(=O)C2CC2)c1. The van der Waals surface area contributed by atoms with Gasteiger partial charge in [0.05, 0.1) is 0 Å². The summed E-state index contributed by atoms with van der Waals surface area (Å²) in [7, 11) is 0. The van der Waals surface area contributed by atoms with Gasteiger partial charge in [-0.1, -0.05) is 0 Å². The highest BCUT2D eigenvalue weighted by Crippen LogP contribution is 2.28. The molecule has 0 unspecified atom stereocenters. The summed E-state index contributed by atoms with van der Waals surface area (Å²) in [6, 6.07) is 5.87. The molecule has 1 amide bonds. The van der Waals surface area contributed by atoms with Crippen LogP contribution in [0.25, 0.3) is 0 Å². The number of rotatable bonds is 5. The number of nitrogens with one attached hydrogen (secondary N) is 2. The molecule has 1 aromatic rings. The van der Waals surface area contributed by atoms with Gasteiger partial charge in [-0.2, -0.15) is 0 Å². The van der Waals surface area contributed by atoms with Crippen molar-refractivity contribution in [3.05, 3.63) is 23.8 Å². The molecule has 1 fully saturated rings. The Morgan fingerprint density at radius 2 is 2.12 bits per heavy atom. The Balaban J connectivity index is 1.71. The fourth-order valence-corrected chi connectivity index (χ4v) is 1.80. The van der Waals surface area contributed by atoms with E-state index in [0.717, 1.165) is 36.3 Å². The molecule has 4 nitrogen and oxygen atoms in total. The molecule has 4 N–H and O–H groups in total. The third-order valence-electron chi connectivity index (χ3n) is 2.80. The number of carbonyl (C=O) groups excluding carboxylic acids is 1. The average Bonchev–Trinajstić information content (AvgIpc) is 3.06. The number of nitrogens with two attached hydrogens (primary N) is 1. The van der Waals surface area contributed by atoms with Gasteiger partial charge in [0.15, 0.2) is 0 Å². The second-order valence-electron chi connectivity index (χ2n) is 4.62. The lowest BCUT2D eigenvalue weighted by Crippen LogP contribution is -2.29. The number of aryl methyl sites for hydroxylation is 1. The summed E-state index contributed by atoms with van der Waals surface area (Å²) in [5.41, 5.74) is 8.65. The van der Waals surface area contributed by atoms with E-state index in [9.17, 15) is 4.79 Å². The molecule has 0 radical (unpaired) electrons. The van der Waals surface area contributed by atoms with Crippen LogP contribution in [0.1, 0.15) is 18.4 Å². The van der Waals surface area contributed by atoms with Crippen molar-refractivity contribution in [3.63, 3.8) is 0 Å². The molecule has 4 heteroatoms. The lowest BCUT2D eigenvalue weighted by Gasteiger charge is -2.09. The predicted molar refractivity (Wildman–Crippen MR) is 69.8 cm³/mol. The summed E-state index contributed by atoms with van der Waals surface area (Å²) in [6.45, 7) is 3.39. The van der Waals surface area contributed by atoms with Gasteiger partial charge >= 0.3 is 0 Å². The maximum absolute atomic E-state index is 11.4. The fraction of sp³-hybridized carbons (Fsp3) is 0.462. The molecule has 0 spiro atoms. The Labute approximate surface area is 102 Å². The van der Waals surface area contributed by atoms with Gasteiger partial charge in [0, 0.05) is 30.4 Å². The number of amides is 1. The molecular formula is C13H19N3O. The van der Waals surface area contributed by atoms with Crippen LogP contribution < -0.4 is 16.4 Å². The largest absolute Gasteiger partial charge is 0.399 e. The van der Waals surface area contributed by atoms with Gasteiger partial charge < -0.3 is 16.4 Å². The van der Waals surface area contributed by atoms with E-state index in [2.05, 4.69) is 10.6 Å². The maximum atomic E-state index is 11.4. The molecule has 0 saturated heterocycles. The number of hydrogen-bond donors (Lipinski definition) is 3. The second kappa shape index (κ2) is 5.08. The number of benzene rings is 1. The Morgan fingerprint density at radius 1 is 1.35 bits per heavy atom. The zero-order chi connectivity index (χ0) is 12.3. The number of nitrogen functional groups attached to an aromatic ring is 1. The van der Waals surface area contributed by atoms with Crippen molar-refractivity contribution in [1.29, 1.82) is 0 Å². The third kappa shape index (κ3) is 3.66. The van der Waals surface area contributed by atoms with Crippen molar-refractivity contribution in [2.75, 3.05) is 24.1 Å². The quantitative estimate of drug-likeness (QED) is 0.533. The minimum atomic E-state index is 0.190. The van der Waals surface area contributed by atoms with E-state index in [1.165, 1.54) is 0 Å². The molecule has 0 aliphatic heterocycles. The molecule has 1 saturated carbocycles. The van der Waals surface area contributed by atoms with Crippen LogP contribution in [0.3, 0.4) is 0 Å². The number of carbonyl (C=O) groups is 1. The third-order valence-corrected chi connectivity index (χ3v) is 2.80. The van der Waals surface area contributed by atoms with E-state index in [1.807, 2.05) is 25.1 Å². The monoisotopic (exact) mass is 233 g/mol. The van der Waals surface area contributed by atoms with Crippen LogP contribution >= 0.6 is 0 Å². The highest BCUT2D eigenvalue weighted by atomic mass is 16.2. The van der Waals surface area contributed by atoms with Crippen molar-refractivity contribution < 1.29 is 4.79 Å². The van der Waals surface area contributed by atoms with Gasteiger partial charge in [0.25, 0.3) is 0 Å². The summed E-state index contributed by atoms with van der Waals surface area (Å²) < 4.78 is 0. The highest BCUT2D eigenvalue weighted by Gasteiger charge is 2.28. The summed E-state index contributed by atoms with van der Waals surface area (Å²) >= 11 is 0. The molecule has 1 aliphatic carbocycles. The summed E-state index contributed by atoms with van der Waals surface area (Å²) in [6.07, 6.45) is 2.10. The van der Waals surface area contributed by atoms with Crippen molar-refractivity contribution in [2.24, 2.45) is 5.92 Å². The first-order chi connectivity index (χ1) is 8.15. The molecule has 2 rings (SSSR count). The van der Waals surface area contributed by atoms with Crippen LogP contribution in [0.15, 0.2) is 18.2 Å². The van der Waals surface area contributed by atoms with Gasteiger partial charge in [-0.25, -0.2) is 0 Å². The summed E-state index contributed by atoms with van der Waals surface area (Å²) in [5.74, 6) is 0.472. The molecule has 1 aromatic carbocycles. The van der Waals surface area contributed by atoms with E-state index < -0.39 is 0 Å². The normalized spacial score (nSPS) is 14.4. The van der Waals surface area contributed by atoms with Gasteiger partial charge in [0.2, 0.25) is 5.91 Å². The molecular weight excluding hydrogens is 214 g/mol. The molecule has 0 aromatic heterocycles. The molecule has 17 heavy (non-hydrogen) atoms. The minimum absolute atomic E-state index is 0.190. The van der Waals surface area contributed by atoms with Crippen molar-refractivity contribution in [1.82, 2.24) is 5.32 Å². The zero-order valence-electron chi connectivity index (χ0n) is 10.1. The first-order valence-electron chi connectivity index (χ1n) is 6.04. The van der Waals surface area contributed by atoms with E-state index in [4.69, 9.17) is 5.73 Å². The van der Waals surface area contributed by atoms with Crippen LogP contribution in [0.5, 0.6) is 0 Å². The van der Waals surface area contributed by atoms with Crippen molar-refractivity contribution in [2.45, 2.75) is 19.8 Å². The lowest BCUT2D eigenvalue weighted by atomic mass is 10.2. The Morgan fingerprint density at radius 3 is 2.76 bits per heavy atom. The Kier molecular flexibility index (Phi) is 3.52. The molecule has 0 atom stereocenters.